The third kappa shape index (κ3) is 1.71. The maximum atomic E-state index is 10.8. The zero-order valence-corrected chi connectivity index (χ0v) is 13.4. The Bertz CT molecular complexity index is 602. The average molecular weight is 303 g/mol. The summed E-state index contributed by atoms with van der Waals surface area (Å²) in [7, 11) is 3.77. The van der Waals surface area contributed by atoms with Gasteiger partial charge < -0.3 is 19.8 Å². The number of rotatable bonds is 1. The van der Waals surface area contributed by atoms with E-state index in [1.54, 1.807) is 7.11 Å². The molecule has 4 rings (SSSR count). The highest BCUT2D eigenvalue weighted by atomic mass is 16.5. The molecule has 1 aliphatic heterocycles. The normalized spacial score (nSPS) is 37.3. The second-order valence-electron chi connectivity index (χ2n) is 7.29. The van der Waals surface area contributed by atoms with E-state index in [0.29, 0.717) is 17.5 Å². The van der Waals surface area contributed by atoms with Gasteiger partial charge in [0.1, 0.15) is 0 Å². The summed E-state index contributed by atoms with van der Waals surface area (Å²) in [6.45, 7) is 1.03. The molecule has 3 aliphatic rings. The summed E-state index contributed by atoms with van der Waals surface area (Å²) < 4.78 is 5.35. The Morgan fingerprint density at radius 2 is 2.14 bits per heavy atom. The quantitative estimate of drug-likeness (QED) is 0.834. The molecule has 0 unspecified atom stereocenters. The van der Waals surface area contributed by atoms with Gasteiger partial charge in [-0.1, -0.05) is 6.07 Å². The molecular formula is C18H25NO3. The van der Waals surface area contributed by atoms with Crippen LogP contribution in [0.2, 0.25) is 0 Å². The van der Waals surface area contributed by atoms with Crippen molar-refractivity contribution in [2.24, 2.45) is 5.92 Å². The number of methoxy groups -OCH3 is 1. The van der Waals surface area contributed by atoms with Crippen LogP contribution in [-0.2, 0) is 11.8 Å². The van der Waals surface area contributed by atoms with Gasteiger partial charge in [-0.05, 0) is 57.3 Å². The van der Waals surface area contributed by atoms with Gasteiger partial charge in [-0.2, -0.15) is 0 Å². The Labute approximate surface area is 131 Å². The molecule has 0 aromatic heterocycles. The first-order valence-corrected chi connectivity index (χ1v) is 8.36. The Morgan fingerprint density at radius 1 is 1.32 bits per heavy atom. The van der Waals surface area contributed by atoms with Crippen molar-refractivity contribution in [1.29, 1.82) is 0 Å². The lowest BCUT2D eigenvalue weighted by atomic mass is 9.51. The first-order valence-electron chi connectivity index (χ1n) is 8.36. The van der Waals surface area contributed by atoms with Crippen LogP contribution in [0, 0.1) is 5.92 Å². The smallest absolute Gasteiger partial charge is 0.161 e. The zero-order chi connectivity index (χ0) is 15.5. The van der Waals surface area contributed by atoms with Gasteiger partial charge in [-0.15, -0.1) is 0 Å². The molecule has 1 aromatic rings. The minimum atomic E-state index is -0.264. The van der Waals surface area contributed by atoms with E-state index in [0.717, 1.165) is 44.2 Å². The fourth-order valence-corrected chi connectivity index (χ4v) is 5.50. The SMILES string of the molecule is COc1ccc2c(c1O)[C@@]13CCC[C@@H](O)[C@H]1[C@H](C2)N(C)CC3. The number of nitrogens with zero attached hydrogens (tertiary/aromatic N) is 1. The van der Waals surface area contributed by atoms with Gasteiger partial charge in [0, 0.05) is 22.9 Å². The van der Waals surface area contributed by atoms with Crippen molar-refractivity contribution < 1.29 is 14.9 Å². The number of phenolic OH excluding ortho intramolecular Hbond substituents is 1. The van der Waals surface area contributed by atoms with Gasteiger partial charge >= 0.3 is 0 Å². The molecule has 0 amide bonds. The molecule has 2 N–H and O–H groups in total. The van der Waals surface area contributed by atoms with Crippen LogP contribution in [-0.4, -0.2) is 48.0 Å². The van der Waals surface area contributed by atoms with Crippen LogP contribution in [0.1, 0.15) is 36.8 Å². The van der Waals surface area contributed by atoms with E-state index in [1.807, 2.05) is 6.07 Å². The molecule has 2 aliphatic carbocycles. The minimum Gasteiger partial charge on any atom is -0.504 e. The lowest BCUT2D eigenvalue weighted by Crippen LogP contribution is -2.63. The minimum absolute atomic E-state index is 0.0823. The molecular weight excluding hydrogens is 278 g/mol. The maximum absolute atomic E-state index is 10.8. The molecule has 2 bridgehead atoms. The van der Waals surface area contributed by atoms with Crippen molar-refractivity contribution >= 4 is 0 Å². The molecule has 1 saturated carbocycles. The second kappa shape index (κ2) is 4.87. The van der Waals surface area contributed by atoms with E-state index in [9.17, 15) is 10.2 Å². The van der Waals surface area contributed by atoms with Crippen LogP contribution in [0.25, 0.3) is 0 Å². The highest BCUT2D eigenvalue weighted by Crippen LogP contribution is 2.58. The lowest BCUT2D eigenvalue weighted by Gasteiger charge is -2.59. The van der Waals surface area contributed by atoms with E-state index in [2.05, 4.69) is 18.0 Å². The number of hydrogen-bond acceptors (Lipinski definition) is 4. The van der Waals surface area contributed by atoms with Crippen molar-refractivity contribution in [2.45, 2.75) is 49.7 Å². The van der Waals surface area contributed by atoms with Crippen molar-refractivity contribution in [2.75, 3.05) is 20.7 Å². The lowest BCUT2D eigenvalue weighted by molar-refractivity contribution is -0.0754. The van der Waals surface area contributed by atoms with Crippen molar-refractivity contribution in [3.63, 3.8) is 0 Å². The number of benzene rings is 1. The third-order valence-electron chi connectivity index (χ3n) is 6.44. The summed E-state index contributed by atoms with van der Waals surface area (Å²) in [5.41, 5.74) is 2.22. The molecule has 22 heavy (non-hydrogen) atoms. The van der Waals surface area contributed by atoms with Crippen molar-refractivity contribution in [1.82, 2.24) is 4.90 Å². The Hall–Kier alpha value is -1.26. The monoisotopic (exact) mass is 303 g/mol. The van der Waals surface area contributed by atoms with Crippen LogP contribution in [0.3, 0.4) is 0 Å². The zero-order valence-electron chi connectivity index (χ0n) is 13.4. The van der Waals surface area contributed by atoms with E-state index >= 15 is 0 Å². The summed E-state index contributed by atoms with van der Waals surface area (Å²) in [4.78, 5) is 2.40. The van der Waals surface area contributed by atoms with Gasteiger partial charge in [-0.3, -0.25) is 0 Å². The fraction of sp³-hybridized carbons (Fsp3) is 0.667. The van der Waals surface area contributed by atoms with E-state index < -0.39 is 0 Å². The van der Waals surface area contributed by atoms with E-state index in [4.69, 9.17) is 4.74 Å². The predicted molar refractivity (Wildman–Crippen MR) is 84.4 cm³/mol. The number of ether oxygens (including phenoxy) is 1. The highest BCUT2D eigenvalue weighted by Gasteiger charge is 2.57. The third-order valence-corrected chi connectivity index (χ3v) is 6.44. The summed E-state index contributed by atoms with van der Waals surface area (Å²) in [5, 5.41) is 21.5. The average Bonchev–Trinajstić information content (AvgIpc) is 2.51. The van der Waals surface area contributed by atoms with Gasteiger partial charge in [0.15, 0.2) is 11.5 Å². The summed E-state index contributed by atoms with van der Waals surface area (Å²) in [6.07, 6.45) is 4.64. The van der Waals surface area contributed by atoms with E-state index in [1.165, 1.54) is 5.56 Å². The number of phenols is 1. The molecule has 1 aromatic carbocycles. The van der Waals surface area contributed by atoms with Gasteiger partial charge in [0.2, 0.25) is 0 Å². The highest BCUT2D eigenvalue weighted by molar-refractivity contribution is 5.56. The van der Waals surface area contributed by atoms with Crippen LogP contribution in [0.15, 0.2) is 12.1 Å². The number of likely N-dealkylation sites (N-methyl/N-ethyl adjacent to an activating group) is 1. The molecule has 1 heterocycles. The molecule has 0 spiro atoms. The van der Waals surface area contributed by atoms with Crippen molar-refractivity contribution in [3.8, 4) is 11.5 Å². The number of aliphatic hydroxyl groups is 1. The Morgan fingerprint density at radius 3 is 2.91 bits per heavy atom. The summed E-state index contributed by atoms with van der Waals surface area (Å²) in [6, 6.07) is 4.36. The largest absolute Gasteiger partial charge is 0.504 e. The first-order chi connectivity index (χ1) is 10.6. The molecule has 0 radical (unpaired) electrons. The summed E-state index contributed by atoms with van der Waals surface area (Å²) in [5.74, 6) is 1.09. The maximum Gasteiger partial charge on any atom is 0.161 e. The topological polar surface area (TPSA) is 52.9 Å². The molecule has 120 valence electrons. The first kappa shape index (κ1) is 14.3. The van der Waals surface area contributed by atoms with Crippen molar-refractivity contribution in [3.05, 3.63) is 23.3 Å². The van der Waals surface area contributed by atoms with Crippen LogP contribution in [0.4, 0.5) is 0 Å². The molecule has 4 nitrogen and oxygen atoms in total. The number of piperidine rings is 1. The standard InChI is InChI=1S/C18H25NO3/c1-19-9-8-18-7-3-4-13(20)16(18)12(19)10-11-5-6-14(22-2)17(21)15(11)18/h5-6,12-13,16,20-21H,3-4,7-10H2,1-2H3/t12-,13+,16+,18-/m0/s1. The Kier molecular flexibility index (Phi) is 3.17. The van der Waals surface area contributed by atoms with Crippen LogP contribution < -0.4 is 4.74 Å². The van der Waals surface area contributed by atoms with Gasteiger partial charge in [0.25, 0.3) is 0 Å². The summed E-state index contributed by atoms with van der Waals surface area (Å²) >= 11 is 0. The molecule has 1 saturated heterocycles. The van der Waals surface area contributed by atoms with E-state index in [-0.39, 0.29) is 17.4 Å². The van der Waals surface area contributed by atoms with Gasteiger partial charge in [0.05, 0.1) is 13.2 Å². The number of hydrogen-bond donors (Lipinski definition) is 2. The van der Waals surface area contributed by atoms with Crippen LogP contribution in [0.5, 0.6) is 11.5 Å². The number of likely N-dealkylation sites (tertiary alicyclic amines) is 1. The fourth-order valence-electron chi connectivity index (χ4n) is 5.50. The molecule has 4 atom stereocenters. The molecule has 2 fully saturated rings. The Balaban J connectivity index is 1.95. The number of aliphatic hydroxyl groups excluding tert-OH is 1. The number of fused-ring (bicyclic) bond motifs is 1. The second-order valence-corrected chi connectivity index (χ2v) is 7.29. The number of aromatic hydroxyl groups is 1. The van der Waals surface area contributed by atoms with Gasteiger partial charge in [-0.25, -0.2) is 0 Å². The predicted octanol–water partition coefficient (Wildman–Crippen LogP) is 2.06. The molecule has 4 heteroatoms. The van der Waals surface area contributed by atoms with Crippen LogP contribution >= 0.6 is 0 Å².